The molecule has 0 aliphatic heterocycles. The van der Waals surface area contributed by atoms with Gasteiger partial charge in [-0.1, -0.05) is 12.1 Å². The Morgan fingerprint density at radius 1 is 1.26 bits per heavy atom. The predicted octanol–water partition coefficient (Wildman–Crippen LogP) is 2.68. The average molecular weight is 328 g/mol. The van der Waals surface area contributed by atoms with Gasteiger partial charge in [0.15, 0.2) is 0 Å². The lowest BCUT2D eigenvalue weighted by Gasteiger charge is -2.09. The summed E-state index contributed by atoms with van der Waals surface area (Å²) in [6, 6.07) is 11.4. The molecular formula is C16H16N4O2S. The second-order valence-corrected chi connectivity index (χ2v) is 5.84. The number of H-pyrrole nitrogens is 1. The van der Waals surface area contributed by atoms with E-state index < -0.39 is 12.5 Å². The van der Waals surface area contributed by atoms with Gasteiger partial charge < -0.3 is 15.7 Å². The first-order valence-electron chi connectivity index (χ1n) is 7.07. The highest BCUT2D eigenvalue weighted by molar-refractivity contribution is 7.13. The van der Waals surface area contributed by atoms with Gasteiger partial charge in [-0.05, 0) is 29.6 Å². The molecule has 6 nitrogen and oxygen atoms in total. The first-order chi connectivity index (χ1) is 11.3. The number of nitrogens with one attached hydrogen (secondary N) is 3. The number of nitrogens with zero attached hydrogens (tertiary/aromatic N) is 1. The SMILES string of the molecule is O=C(CO)Nc1cccc(NCc2cn[nH]c2-c2cccs2)c1. The summed E-state index contributed by atoms with van der Waals surface area (Å²) in [7, 11) is 0. The molecule has 0 unspecified atom stereocenters. The van der Waals surface area contributed by atoms with Crippen molar-refractivity contribution < 1.29 is 9.90 Å². The van der Waals surface area contributed by atoms with Gasteiger partial charge in [-0.3, -0.25) is 9.89 Å². The van der Waals surface area contributed by atoms with Gasteiger partial charge in [-0.25, -0.2) is 0 Å². The van der Waals surface area contributed by atoms with Gasteiger partial charge in [-0.2, -0.15) is 5.10 Å². The fraction of sp³-hybridized carbons (Fsp3) is 0.125. The van der Waals surface area contributed by atoms with E-state index in [9.17, 15) is 4.79 Å². The smallest absolute Gasteiger partial charge is 0.250 e. The molecule has 2 heterocycles. The Hall–Kier alpha value is -2.64. The van der Waals surface area contributed by atoms with E-state index in [1.807, 2.05) is 35.7 Å². The number of amides is 1. The van der Waals surface area contributed by atoms with Gasteiger partial charge in [0.05, 0.1) is 16.8 Å². The summed E-state index contributed by atoms with van der Waals surface area (Å²) >= 11 is 1.66. The van der Waals surface area contributed by atoms with Crippen LogP contribution in [0.15, 0.2) is 48.0 Å². The molecule has 2 aromatic heterocycles. The Morgan fingerprint density at radius 3 is 2.91 bits per heavy atom. The topological polar surface area (TPSA) is 90.0 Å². The van der Waals surface area contributed by atoms with Crippen molar-refractivity contribution in [2.24, 2.45) is 0 Å². The monoisotopic (exact) mass is 328 g/mol. The molecule has 23 heavy (non-hydrogen) atoms. The van der Waals surface area contributed by atoms with Crippen molar-refractivity contribution in [2.75, 3.05) is 17.2 Å². The van der Waals surface area contributed by atoms with Gasteiger partial charge in [0.25, 0.3) is 0 Å². The van der Waals surface area contributed by atoms with E-state index >= 15 is 0 Å². The number of aromatic nitrogens is 2. The largest absolute Gasteiger partial charge is 0.387 e. The first kappa shape index (κ1) is 15.3. The Morgan fingerprint density at radius 2 is 2.13 bits per heavy atom. The van der Waals surface area contributed by atoms with Crippen LogP contribution in [0.25, 0.3) is 10.6 Å². The average Bonchev–Trinajstić information content (AvgIpc) is 3.24. The number of aromatic amines is 1. The van der Waals surface area contributed by atoms with Crippen molar-refractivity contribution in [3.63, 3.8) is 0 Å². The van der Waals surface area contributed by atoms with Crippen molar-refractivity contribution in [2.45, 2.75) is 6.54 Å². The van der Waals surface area contributed by atoms with E-state index in [1.165, 1.54) is 0 Å². The molecule has 7 heteroatoms. The molecule has 4 N–H and O–H groups in total. The standard InChI is InChI=1S/C16H16N4O2S/c21-10-15(22)19-13-4-1-3-12(7-13)17-8-11-9-18-20-16(11)14-5-2-6-23-14/h1-7,9,17,21H,8,10H2,(H,18,20)(H,19,22). The number of carbonyl (C=O) groups is 1. The normalized spacial score (nSPS) is 10.5. The lowest BCUT2D eigenvalue weighted by molar-refractivity contribution is -0.118. The molecule has 0 saturated carbocycles. The molecule has 0 radical (unpaired) electrons. The molecule has 0 fully saturated rings. The summed E-state index contributed by atoms with van der Waals surface area (Å²) in [5.74, 6) is -0.433. The maximum atomic E-state index is 11.2. The summed E-state index contributed by atoms with van der Waals surface area (Å²) < 4.78 is 0. The van der Waals surface area contributed by atoms with Gasteiger partial charge in [-0.15, -0.1) is 11.3 Å². The van der Waals surface area contributed by atoms with E-state index in [2.05, 4.69) is 20.8 Å². The lowest BCUT2D eigenvalue weighted by atomic mass is 10.2. The zero-order valence-corrected chi connectivity index (χ0v) is 13.1. The number of rotatable bonds is 6. The lowest BCUT2D eigenvalue weighted by Crippen LogP contribution is -2.15. The minimum Gasteiger partial charge on any atom is -0.387 e. The van der Waals surface area contributed by atoms with Crippen LogP contribution in [0.4, 0.5) is 11.4 Å². The van der Waals surface area contributed by atoms with Crippen LogP contribution in [0.1, 0.15) is 5.56 Å². The van der Waals surface area contributed by atoms with Crippen LogP contribution in [0.2, 0.25) is 0 Å². The van der Waals surface area contributed by atoms with Crippen LogP contribution in [-0.2, 0) is 11.3 Å². The first-order valence-corrected chi connectivity index (χ1v) is 7.95. The predicted molar refractivity (Wildman–Crippen MR) is 91.4 cm³/mol. The minimum absolute atomic E-state index is 0.433. The molecule has 3 aromatic rings. The minimum atomic E-state index is -0.531. The molecular weight excluding hydrogens is 312 g/mol. The van der Waals surface area contributed by atoms with Crippen LogP contribution in [0.5, 0.6) is 0 Å². The third-order valence-electron chi connectivity index (χ3n) is 3.26. The molecule has 0 aliphatic carbocycles. The summed E-state index contributed by atoms with van der Waals surface area (Å²) in [5, 5.41) is 23.9. The highest BCUT2D eigenvalue weighted by atomic mass is 32.1. The van der Waals surface area contributed by atoms with Crippen LogP contribution in [0.3, 0.4) is 0 Å². The van der Waals surface area contributed by atoms with E-state index in [4.69, 9.17) is 5.11 Å². The van der Waals surface area contributed by atoms with Crippen molar-refractivity contribution in [3.8, 4) is 10.6 Å². The summed E-state index contributed by atoms with van der Waals surface area (Å²) in [4.78, 5) is 12.4. The molecule has 3 rings (SSSR count). The van der Waals surface area contributed by atoms with Gasteiger partial charge in [0.2, 0.25) is 5.91 Å². The molecule has 0 aliphatic rings. The molecule has 1 amide bonds. The number of thiophene rings is 1. The van der Waals surface area contributed by atoms with Crippen LogP contribution < -0.4 is 10.6 Å². The number of aliphatic hydroxyl groups is 1. The Labute approximate surface area is 137 Å². The van der Waals surface area contributed by atoms with Crippen LogP contribution in [-0.4, -0.2) is 27.8 Å². The molecule has 118 valence electrons. The number of aliphatic hydroxyl groups excluding tert-OH is 1. The van der Waals surface area contributed by atoms with Crippen LogP contribution in [0, 0.1) is 0 Å². The zero-order chi connectivity index (χ0) is 16.1. The van der Waals surface area contributed by atoms with Gasteiger partial charge in [0, 0.05) is 23.5 Å². The van der Waals surface area contributed by atoms with E-state index in [0.29, 0.717) is 12.2 Å². The molecule has 0 bridgehead atoms. The van der Waals surface area contributed by atoms with E-state index in [-0.39, 0.29) is 0 Å². The number of hydrogen-bond acceptors (Lipinski definition) is 5. The van der Waals surface area contributed by atoms with Crippen molar-refractivity contribution in [3.05, 3.63) is 53.5 Å². The maximum absolute atomic E-state index is 11.2. The fourth-order valence-corrected chi connectivity index (χ4v) is 2.94. The quantitative estimate of drug-likeness (QED) is 0.560. The number of benzene rings is 1. The van der Waals surface area contributed by atoms with Crippen molar-refractivity contribution >= 4 is 28.6 Å². The molecule has 1 aromatic carbocycles. The summed E-state index contributed by atoms with van der Waals surface area (Å²) in [6.45, 7) is 0.0813. The zero-order valence-electron chi connectivity index (χ0n) is 12.2. The number of hydrogen-bond donors (Lipinski definition) is 4. The van der Waals surface area contributed by atoms with Gasteiger partial charge in [0.1, 0.15) is 6.61 Å². The highest BCUT2D eigenvalue weighted by Gasteiger charge is 2.08. The number of anilines is 2. The van der Waals surface area contributed by atoms with Crippen LogP contribution >= 0.6 is 11.3 Å². The van der Waals surface area contributed by atoms with Crippen molar-refractivity contribution in [1.29, 1.82) is 0 Å². The molecule has 0 atom stereocenters. The van der Waals surface area contributed by atoms with Gasteiger partial charge >= 0.3 is 0 Å². The Kier molecular flexibility index (Phi) is 4.70. The molecule has 0 spiro atoms. The van der Waals surface area contributed by atoms with Crippen molar-refractivity contribution in [1.82, 2.24) is 10.2 Å². The third kappa shape index (κ3) is 3.77. The second kappa shape index (κ2) is 7.08. The second-order valence-electron chi connectivity index (χ2n) is 4.89. The third-order valence-corrected chi connectivity index (χ3v) is 4.15. The fourth-order valence-electron chi connectivity index (χ4n) is 2.18. The Bertz CT molecular complexity index is 783. The molecule has 0 saturated heterocycles. The van der Waals surface area contributed by atoms with E-state index in [1.54, 1.807) is 23.6 Å². The summed E-state index contributed by atoms with van der Waals surface area (Å²) in [5.41, 5.74) is 3.59. The Balaban J connectivity index is 1.68. The highest BCUT2D eigenvalue weighted by Crippen LogP contribution is 2.26. The van der Waals surface area contributed by atoms with E-state index in [0.717, 1.165) is 21.8 Å². The summed E-state index contributed by atoms with van der Waals surface area (Å²) in [6.07, 6.45) is 1.81. The number of carbonyl (C=O) groups excluding carboxylic acids is 1. The maximum Gasteiger partial charge on any atom is 0.250 e.